The zero-order valence-corrected chi connectivity index (χ0v) is 11.2. The molecule has 0 amide bonds. The van der Waals surface area contributed by atoms with Crippen LogP contribution in [0, 0.1) is 11.3 Å². The number of nitrogens with one attached hydrogen (secondary N) is 1. The molecule has 102 valence electrons. The Labute approximate surface area is 113 Å². The molecule has 3 N–H and O–H groups in total. The summed E-state index contributed by atoms with van der Waals surface area (Å²) in [6, 6.07) is 3.84. The van der Waals surface area contributed by atoms with E-state index in [4.69, 9.17) is 11.1 Å². The first kappa shape index (κ1) is 12.4. The van der Waals surface area contributed by atoms with Crippen LogP contribution in [0.2, 0.25) is 0 Å². The molecule has 1 aromatic heterocycles. The first-order valence-electron chi connectivity index (χ1n) is 7.00. The van der Waals surface area contributed by atoms with Crippen LogP contribution in [-0.4, -0.2) is 48.4 Å². The van der Waals surface area contributed by atoms with E-state index in [1.165, 1.54) is 19.4 Å². The Morgan fingerprint density at radius 2 is 2.00 bits per heavy atom. The lowest BCUT2D eigenvalue weighted by Gasteiger charge is -2.35. The van der Waals surface area contributed by atoms with Crippen molar-refractivity contribution in [2.75, 3.05) is 37.6 Å². The Kier molecular flexibility index (Phi) is 3.38. The molecule has 19 heavy (non-hydrogen) atoms. The predicted molar refractivity (Wildman–Crippen MR) is 76.6 cm³/mol. The Hall–Kier alpha value is -1.62. The second-order valence-electron chi connectivity index (χ2n) is 5.55. The van der Waals surface area contributed by atoms with Crippen LogP contribution < -0.4 is 10.6 Å². The second-order valence-corrected chi connectivity index (χ2v) is 5.55. The molecule has 0 unspecified atom stereocenters. The SMILES string of the molecule is N=C(N)c1ccc(N2CCN(CC3CC3)CC2)nc1. The number of hydrogen-bond acceptors (Lipinski definition) is 4. The zero-order chi connectivity index (χ0) is 13.2. The summed E-state index contributed by atoms with van der Waals surface area (Å²) in [4.78, 5) is 9.29. The summed E-state index contributed by atoms with van der Waals surface area (Å²) in [5.74, 6) is 2.05. The molecular weight excluding hydrogens is 238 g/mol. The first-order valence-corrected chi connectivity index (χ1v) is 7.00. The minimum absolute atomic E-state index is 0.0771. The van der Waals surface area contributed by atoms with Crippen LogP contribution in [-0.2, 0) is 0 Å². The molecule has 0 bridgehead atoms. The van der Waals surface area contributed by atoms with Crippen molar-refractivity contribution in [2.24, 2.45) is 11.7 Å². The number of amidine groups is 1. The topological polar surface area (TPSA) is 69.2 Å². The zero-order valence-electron chi connectivity index (χ0n) is 11.2. The molecule has 3 rings (SSSR count). The van der Waals surface area contributed by atoms with Gasteiger partial charge < -0.3 is 10.6 Å². The lowest BCUT2D eigenvalue weighted by Crippen LogP contribution is -2.47. The minimum atomic E-state index is 0.0771. The van der Waals surface area contributed by atoms with Crippen molar-refractivity contribution in [3.63, 3.8) is 0 Å². The molecular formula is C14H21N5. The highest BCUT2D eigenvalue weighted by Gasteiger charge is 2.26. The third kappa shape index (κ3) is 3.04. The average molecular weight is 259 g/mol. The third-order valence-electron chi connectivity index (χ3n) is 3.97. The largest absolute Gasteiger partial charge is 0.384 e. The van der Waals surface area contributed by atoms with Crippen molar-refractivity contribution < 1.29 is 0 Å². The van der Waals surface area contributed by atoms with Crippen molar-refractivity contribution in [1.82, 2.24) is 9.88 Å². The van der Waals surface area contributed by atoms with Crippen LogP contribution in [0.25, 0.3) is 0 Å². The number of piperazine rings is 1. The van der Waals surface area contributed by atoms with Gasteiger partial charge in [-0.2, -0.15) is 0 Å². The molecule has 0 atom stereocenters. The van der Waals surface area contributed by atoms with Crippen LogP contribution >= 0.6 is 0 Å². The summed E-state index contributed by atoms with van der Waals surface area (Å²) in [7, 11) is 0. The van der Waals surface area contributed by atoms with Crippen molar-refractivity contribution in [3.8, 4) is 0 Å². The van der Waals surface area contributed by atoms with Crippen molar-refractivity contribution in [3.05, 3.63) is 23.9 Å². The van der Waals surface area contributed by atoms with Gasteiger partial charge in [0.1, 0.15) is 11.7 Å². The summed E-state index contributed by atoms with van der Waals surface area (Å²) in [6.07, 6.45) is 4.54. The van der Waals surface area contributed by atoms with Crippen LogP contribution in [0.15, 0.2) is 18.3 Å². The third-order valence-corrected chi connectivity index (χ3v) is 3.97. The van der Waals surface area contributed by atoms with E-state index < -0.39 is 0 Å². The van der Waals surface area contributed by atoms with Gasteiger partial charge in [0.15, 0.2) is 0 Å². The smallest absolute Gasteiger partial charge is 0.128 e. The summed E-state index contributed by atoms with van der Waals surface area (Å²) >= 11 is 0. The number of pyridine rings is 1. The number of rotatable bonds is 4. The molecule has 5 nitrogen and oxygen atoms in total. The number of nitrogen functional groups attached to an aromatic ring is 1. The van der Waals surface area contributed by atoms with Crippen molar-refractivity contribution >= 4 is 11.7 Å². The van der Waals surface area contributed by atoms with Gasteiger partial charge in [-0.15, -0.1) is 0 Å². The van der Waals surface area contributed by atoms with E-state index >= 15 is 0 Å². The summed E-state index contributed by atoms with van der Waals surface area (Å²) < 4.78 is 0. The van der Waals surface area contributed by atoms with Crippen LogP contribution in [0.1, 0.15) is 18.4 Å². The average Bonchev–Trinajstić information content (AvgIpc) is 3.24. The second kappa shape index (κ2) is 5.17. The van der Waals surface area contributed by atoms with Crippen molar-refractivity contribution in [2.45, 2.75) is 12.8 Å². The number of aromatic nitrogens is 1. The Morgan fingerprint density at radius 3 is 2.53 bits per heavy atom. The molecule has 1 aliphatic carbocycles. The molecule has 0 radical (unpaired) electrons. The standard InChI is InChI=1S/C14H21N5/c15-14(16)12-3-4-13(17-9-12)19-7-5-18(6-8-19)10-11-1-2-11/h3-4,9,11H,1-2,5-8,10H2,(H3,15,16). The maximum Gasteiger partial charge on any atom is 0.128 e. The van der Waals surface area contributed by atoms with E-state index in [0.717, 1.165) is 37.9 Å². The van der Waals surface area contributed by atoms with Crippen LogP contribution in [0.4, 0.5) is 5.82 Å². The Morgan fingerprint density at radius 1 is 1.26 bits per heavy atom. The van der Waals surface area contributed by atoms with Gasteiger partial charge >= 0.3 is 0 Å². The van der Waals surface area contributed by atoms with Gasteiger partial charge in [0.25, 0.3) is 0 Å². The fraction of sp³-hybridized carbons (Fsp3) is 0.571. The molecule has 0 spiro atoms. The van der Waals surface area contributed by atoms with Gasteiger partial charge in [-0.1, -0.05) is 0 Å². The summed E-state index contributed by atoms with van der Waals surface area (Å²) in [5, 5.41) is 7.37. The van der Waals surface area contributed by atoms with Gasteiger partial charge in [-0.3, -0.25) is 10.3 Å². The fourth-order valence-electron chi connectivity index (χ4n) is 2.56. The molecule has 2 heterocycles. The van der Waals surface area contributed by atoms with Gasteiger partial charge in [0, 0.05) is 44.5 Å². The number of nitrogens with zero attached hydrogens (tertiary/aromatic N) is 3. The number of hydrogen-bond donors (Lipinski definition) is 2. The van der Waals surface area contributed by atoms with Crippen molar-refractivity contribution in [1.29, 1.82) is 5.41 Å². The predicted octanol–water partition coefficient (Wildman–Crippen LogP) is 0.898. The highest BCUT2D eigenvalue weighted by Crippen LogP contribution is 2.30. The van der Waals surface area contributed by atoms with E-state index in [9.17, 15) is 0 Å². The Bertz CT molecular complexity index is 443. The van der Waals surface area contributed by atoms with E-state index in [0.29, 0.717) is 5.56 Å². The summed E-state index contributed by atoms with van der Waals surface area (Å²) in [6.45, 7) is 5.63. The normalized spacial score (nSPS) is 20.5. The molecule has 1 aromatic rings. The number of nitrogens with two attached hydrogens (primary N) is 1. The van der Waals surface area contributed by atoms with E-state index in [1.807, 2.05) is 12.1 Å². The molecule has 1 aliphatic heterocycles. The highest BCUT2D eigenvalue weighted by atomic mass is 15.3. The quantitative estimate of drug-likeness (QED) is 0.622. The van der Waals surface area contributed by atoms with Gasteiger partial charge in [0.2, 0.25) is 0 Å². The molecule has 5 heteroatoms. The molecule has 1 saturated heterocycles. The Balaban J connectivity index is 1.56. The molecule has 2 aliphatic rings. The lowest BCUT2D eigenvalue weighted by atomic mass is 10.2. The molecule has 1 saturated carbocycles. The fourth-order valence-corrected chi connectivity index (χ4v) is 2.56. The summed E-state index contributed by atoms with van der Waals surface area (Å²) in [5.41, 5.74) is 6.13. The number of anilines is 1. The first-order chi connectivity index (χ1) is 9.22. The highest BCUT2D eigenvalue weighted by molar-refractivity contribution is 5.94. The van der Waals surface area contributed by atoms with Crippen LogP contribution in [0.3, 0.4) is 0 Å². The van der Waals surface area contributed by atoms with Gasteiger partial charge in [-0.05, 0) is 30.9 Å². The molecule has 2 fully saturated rings. The molecule has 0 aromatic carbocycles. The van der Waals surface area contributed by atoms with E-state index in [2.05, 4.69) is 14.8 Å². The van der Waals surface area contributed by atoms with Gasteiger partial charge in [-0.25, -0.2) is 4.98 Å². The maximum absolute atomic E-state index is 7.37. The minimum Gasteiger partial charge on any atom is -0.384 e. The monoisotopic (exact) mass is 259 g/mol. The van der Waals surface area contributed by atoms with Gasteiger partial charge in [0.05, 0.1) is 0 Å². The van der Waals surface area contributed by atoms with Crippen LogP contribution in [0.5, 0.6) is 0 Å². The maximum atomic E-state index is 7.37. The van der Waals surface area contributed by atoms with E-state index in [1.54, 1.807) is 6.20 Å². The lowest BCUT2D eigenvalue weighted by molar-refractivity contribution is 0.247. The van der Waals surface area contributed by atoms with E-state index in [-0.39, 0.29) is 5.84 Å².